The molecule has 1 aliphatic heterocycles. The van der Waals surface area contributed by atoms with Crippen LogP contribution in [-0.4, -0.2) is 25.8 Å². The van der Waals surface area contributed by atoms with Crippen molar-refractivity contribution in [3.8, 4) is 0 Å². The van der Waals surface area contributed by atoms with Gasteiger partial charge in [-0.2, -0.15) is 4.31 Å². The summed E-state index contributed by atoms with van der Waals surface area (Å²) in [6.45, 7) is 1.44. The lowest BCUT2D eigenvalue weighted by Gasteiger charge is -2.24. The normalized spacial score (nSPS) is 18.5. The fraction of sp³-hybridized carbons (Fsp3) is 0.571. The van der Waals surface area contributed by atoms with Crippen LogP contribution in [0.5, 0.6) is 0 Å². The van der Waals surface area contributed by atoms with Gasteiger partial charge in [0.1, 0.15) is 0 Å². The summed E-state index contributed by atoms with van der Waals surface area (Å²) in [5.41, 5.74) is 6.26. The van der Waals surface area contributed by atoms with E-state index in [1.807, 2.05) is 0 Å². The first-order valence-corrected chi connectivity index (χ1v) is 8.86. The summed E-state index contributed by atoms with van der Waals surface area (Å²) in [6.07, 6.45) is 5.25. The van der Waals surface area contributed by atoms with Gasteiger partial charge in [0.05, 0.1) is 4.90 Å². The molecule has 0 unspecified atom stereocenters. The van der Waals surface area contributed by atoms with Gasteiger partial charge >= 0.3 is 0 Å². The number of benzene rings is 1. The van der Waals surface area contributed by atoms with Crippen molar-refractivity contribution in [3.05, 3.63) is 28.8 Å². The monoisotopic (exact) mass is 316 g/mol. The molecule has 0 amide bonds. The summed E-state index contributed by atoms with van der Waals surface area (Å²) in [5, 5.41) is 0.513. The number of sulfonamides is 1. The van der Waals surface area contributed by atoms with E-state index in [2.05, 4.69) is 0 Å². The summed E-state index contributed by atoms with van der Waals surface area (Å²) in [4.78, 5) is 0.294. The fourth-order valence-corrected chi connectivity index (χ4v) is 4.24. The zero-order valence-corrected chi connectivity index (χ0v) is 13.1. The third-order valence-electron chi connectivity index (χ3n) is 3.69. The SMILES string of the molecule is NCc1cc(S(=O)(=O)N2CCCCCCC2)ccc1Cl. The largest absolute Gasteiger partial charge is 0.326 e. The van der Waals surface area contributed by atoms with Gasteiger partial charge in [-0.1, -0.05) is 30.9 Å². The van der Waals surface area contributed by atoms with Crippen molar-refractivity contribution in [2.75, 3.05) is 13.1 Å². The molecule has 4 nitrogen and oxygen atoms in total. The van der Waals surface area contributed by atoms with Crippen molar-refractivity contribution in [1.82, 2.24) is 4.31 Å². The Hall–Kier alpha value is -0.620. The Labute approximate surface area is 126 Å². The van der Waals surface area contributed by atoms with Crippen LogP contribution in [0.2, 0.25) is 5.02 Å². The Kier molecular flexibility index (Phi) is 5.43. The lowest BCUT2D eigenvalue weighted by Crippen LogP contribution is -2.33. The molecule has 0 aromatic heterocycles. The third-order valence-corrected chi connectivity index (χ3v) is 5.95. The number of hydrogen-bond donors (Lipinski definition) is 1. The number of nitrogens with two attached hydrogens (primary N) is 1. The highest BCUT2D eigenvalue weighted by molar-refractivity contribution is 7.89. The van der Waals surface area contributed by atoms with E-state index in [9.17, 15) is 8.42 Å². The predicted molar refractivity (Wildman–Crippen MR) is 81.2 cm³/mol. The van der Waals surface area contributed by atoms with Crippen LogP contribution >= 0.6 is 11.6 Å². The summed E-state index contributed by atoms with van der Waals surface area (Å²) in [7, 11) is -3.43. The maximum Gasteiger partial charge on any atom is 0.243 e. The van der Waals surface area contributed by atoms with Gasteiger partial charge in [0.15, 0.2) is 0 Å². The molecule has 1 saturated heterocycles. The number of halogens is 1. The van der Waals surface area contributed by atoms with Crippen LogP contribution in [0.4, 0.5) is 0 Å². The van der Waals surface area contributed by atoms with Gasteiger partial charge in [-0.05, 0) is 36.6 Å². The summed E-state index contributed by atoms with van der Waals surface area (Å²) >= 11 is 5.99. The molecule has 6 heteroatoms. The average molecular weight is 317 g/mol. The summed E-state index contributed by atoms with van der Waals surface area (Å²) < 4.78 is 26.9. The predicted octanol–water partition coefficient (Wildman–Crippen LogP) is 2.75. The highest BCUT2D eigenvalue weighted by Gasteiger charge is 2.25. The van der Waals surface area contributed by atoms with E-state index in [4.69, 9.17) is 17.3 Å². The van der Waals surface area contributed by atoms with E-state index in [1.54, 1.807) is 22.5 Å². The quantitative estimate of drug-likeness (QED) is 0.932. The molecule has 0 saturated carbocycles. The molecule has 0 atom stereocenters. The van der Waals surface area contributed by atoms with Crippen LogP contribution in [0.1, 0.15) is 37.7 Å². The maximum absolute atomic E-state index is 12.7. The Bertz CT molecular complexity index is 552. The van der Waals surface area contributed by atoms with Crippen LogP contribution < -0.4 is 5.73 Å². The first-order valence-electron chi connectivity index (χ1n) is 7.04. The minimum Gasteiger partial charge on any atom is -0.326 e. The second-order valence-electron chi connectivity index (χ2n) is 5.13. The number of rotatable bonds is 3. The Balaban J connectivity index is 2.28. The van der Waals surface area contributed by atoms with Crippen molar-refractivity contribution in [2.24, 2.45) is 5.73 Å². The van der Waals surface area contributed by atoms with Gasteiger partial charge in [-0.15, -0.1) is 0 Å². The fourth-order valence-electron chi connectivity index (χ4n) is 2.48. The molecule has 1 aromatic rings. The van der Waals surface area contributed by atoms with E-state index >= 15 is 0 Å². The number of nitrogens with zero attached hydrogens (tertiary/aromatic N) is 1. The standard InChI is InChI=1S/C14H21ClN2O2S/c15-14-7-6-13(10-12(14)11-16)20(18,19)17-8-4-2-1-3-5-9-17/h6-7,10H,1-5,8-9,11,16H2. The Morgan fingerprint density at radius 3 is 2.30 bits per heavy atom. The molecule has 20 heavy (non-hydrogen) atoms. The molecule has 112 valence electrons. The van der Waals surface area contributed by atoms with E-state index in [1.165, 1.54) is 6.42 Å². The smallest absolute Gasteiger partial charge is 0.243 e. The van der Waals surface area contributed by atoms with Crippen molar-refractivity contribution >= 4 is 21.6 Å². The van der Waals surface area contributed by atoms with Crippen molar-refractivity contribution in [1.29, 1.82) is 0 Å². The topological polar surface area (TPSA) is 63.4 Å². The van der Waals surface area contributed by atoms with E-state index in [0.717, 1.165) is 25.7 Å². The molecular formula is C14H21ClN2O2S. The minimum absolute atomic E-state index is 0.238. The summed E-state index contributed by atoms with van der Waals surface area (Å²) in [5.74, 6) is 0. The minimum atomic E-state index is -3.43. The van der Waals surface area contributed by atoms with Crippen LogP contribution in [0, 0.1) is 0 Å². The summed E-state index contributed by atoms with van der Waals surface area (Å²) in [6, 6.07) is 4.77. The van der Waals surface area contributed by atoms with Gasteiger partial charge in [0.2, 0.25) is 10.0 Å². The zero-order chi connectivity index (χ0) is 14.6. The molecule has 0 spiro atoms. The lowest BCUT2D eigenvalue weighted by molar-refractivity contribution is 0.364. The number of hydrogen-bond acceptors (Lipinski definition) is 3. The van der Waals surface area contributed by atoms with Crippen molar-refractivity contribution in [3.63, 3.8) is 0 Å². The van der Waals surface area contributed by atoms with Gasteiger partial charge in [0, 0.05) is 24.7 Å². The molecule has 1 aromatic carbocycles. The van der Waals surface area contributed by atoms with E-state index < -0.39 is 10.0 Å². The lowest BCUT2D eigenvalue weighted by atomic mass is 10.1. The van der Waals surface area contributed by atoms with Crippen molar-refractivity contribution < 1.29 is 8.42 Å². The zero-order valence-electron chi connectivity index (χ0n) is 11.5. The van der Waals surface area contributed by atoms with Gasteiger partial charge < -0.3 is 5.73 Å². The van der Waals surface area contributed by atoms with Gasteiger partial charge in [-0.25, -0.2) is 8.42 Å². The first kappa shape index (κ1) is 15.8. The molecule has 1 heterocycles. The molecule has 2 N–H and O–H groups in total. The van der Waals surface area contributed by atoms with E-state index in [-0.39, 0.29) is 6.54 Å². The first-order chi connectivity index (χ1) is 9.55. The van der Waals surface area contributed by atoms with Crippen LogP contribution in [0.25, 0.3) is 0 Å². The molecule has 0 aliphatic carbocycles. The van der Waals surface area contributed by atoms with Gasteiger partial charge in [-0.3, -0.25) is 0 Å². The highest BCUT2D eigenvalue weighted by atomic mass is 35.5. The average Bonchev–Trinajstić information content (AvgIpc) is 2.38. The Morgan fingerprint density at radius 2 is 1.70 bits per heavy atom. The molecule has 1 aliphatic rings. The molecule has 1 fully saturated rings. The maximum atomic E-state index is 12.7. The van der Waals surface area contributed by atoms with Crippen LogP contribution in [0.3, 0.4) is 0 Å². The molecule has 0 radical (unpaired) electrons. The third kappa shape index (κ3) is 3.52. The van der Waals surface area contributed by atoms with Crippen molar-refractivity contribution in [2.45, 2.75) is 43.5 Å². The molecule has 0 bridgehead atoms. The van der Waals surface area contributed by atoms with Crippen LogP contribution in [-0.2, 0) is 16.6 Å². The second-order valence-corrected chi connectivity index (χ2v) is 7.47. The molecular weight excluding hydrogens is 296 g/mol. The molecule has 2 rings (SSSR count). The van der Waals surface area contributed by atoms with E-state index in [0.29, 0.717) is 28.6 Å². The second kappa shape index (κ2) is 6.89. The Morgan fingerprint density at radius 1 is 1.10 bits per heavy atom. The highest BCUT2D eigenvalue weighted by Crippen LogP contribution is 2.24. The van der Waals surface area contributed by atoms with Gasteiger partial charge in [0.25, 0.3) is 0 Å². The van der Waals surface area contributed by atoms with Crippen LogP contribution in [0.15, 0.2) is 23.1 Å².